The minimum atomic E-state index is 0. The van der Waals surface area contributed by atoms with Crippen molar-refractivity contribution in [3.8, 4) is 0 Å². The van der Waals surface area contributed by atoms with Crippen molar-refractivity contribution >= 4 is 0 Å². The van der Waals surface area contributed by atoms with Crippen LogP contribution >= 0.6 is 0 Å². The van der Waals surface area contributed by atoms with Gasteiger partial charge in [-0.15, -0.1) is 0 Å². The van der Waals surface area contributed by atoms with Crippen LogP contribution in [0.15, 0.2) is 0 Å². The van der Waals surface area contributed by atoms with E-state index in [4.69, 9.17) is 10.5 Å². The van der Waals surface area contributed by atoms with Crippen LogP contribution in [0.1, 0.15) is 27.1 Å². The molecule has 0 aromatic carbocycles. The molecule has 0 amide bonds. The largest absolute Gasteiger partial charge is 0.385 e. The molecule has 0 aliphatic carbocycles. The van der Waals surface area contributed by atoms with Crippen molar-refractivity contribution in [2.24, 2.45) is 5.73 Å². The molecule has 0 saturated carbocycles. The smallest absolute Gasteiger partial charge is 0.0462 e. The van der Waals surface area contributed by atoms with E-state index in [0.717, 1.165) is 19.6 Å². The molecule has 0 atom stereocenters. The summed E-state index contributed by atoms with van der Waals surface area (Å²) in [4.78, 5) is 0. The zero-order chi connectivity index (χ0) is 6.95. The molecule has 0 aliphatic rings. The van der Waals surface area contributed by atoms with Gasteiger partial charge in [-0.3, -0.25) is 0 Å². The fourth-order valence-corrected chi connectivity index (χ4v) is 0.744. The number of hydrogen-bond donors (Lipinski definition) is 1. The van der Waals surface area contributed by atoms with E-state index in [0.29, 0.717) is 0 Å². The Kier molecular flexibility index (Phi) is 7.85. The van der Waals surface area contributed by atoms with E-state index in [1.165, 1.54) is 19.3 Å². The monoisotopic (exact) mass is 133 g/mol. The van der Waals surface area contributed by atoms with Crippen LogP contribution < -0.4 is 5.73 Å². The van der Waals surface area contributed by atoms with Gasteiger partial charge in [0, 0.05) is 15.1 Å². The van der Waals surface area contributed by atoms with E-state index in [2.05, 4.69) is 0 Å². The van der Waals surface area contributed by atoms with Crippen LogP contribution in [-0.4, -0.2) is 20.3 Å². The number of unbranched alkanes of at least 4 members (excludes halogenated alkanes) is 3. The van der Waals surface area contributed by atoms with Gasteiger partial charge in [-0.1, -0.05) is 12.8 Å². The predicted octanol–water partition coefficient (Wildman–Crippen LogP) is 1.40. The van der Waals surface area contributed by atoms with E-state index in [1.54, 1.807) is 7.11 Å². The predicted molar refractivity (Wildman–Crippen MR) is 41.5 cm³/mol. The second-order valence-electron chi connectivity index (χ2n) is 2.20. The molecule has 0 aromatic heterocycles. The van der Waals surface area contributed by atoms with E-state index in [1.807, 2.05) is 0 Å². The third-order valence-corrected chi connectivity index (χ3v) is 1.30. The van der Waals surface area contributed by atoms with Crippen LogP contribution in [0.25, 0.3) is 0 Å². The molecule has 2 heteroatoms. The third kappa shape index (κ3) is 7.92. The van der Waals surface area contributed by atoms with E-state index < -0.39 is 0 Å². The van der Waals surface area contributed by atoms with Crippen molar-refractivity contribution in [3.05, 3.63) is 0 Å². The highest BCUT2D eigenvalue weighted by atomic mass is 16.5. The van der Waals surface area contributed by atoms with Gasteiger partial charge in [0.25, 0.3) is 0 Å². The molecule has 0 fully saturated rings. The Morgan fingerprint density at radius 2 is 1.89 bits per heavy atom. The molecule has 9 heavy (non-hydrogen) atoms. The molecule has 0 aliphatic heterocycles. The summed E-state index contributed by atoms with van der Waals surface area (Å²) in [5, 5.41) is 0. The Bertz CT molecular complexity index is 46.9. The quantitative estimate of drug-likeness (QED) is 0.556. The van der Waals surface area contributed by atoms with Crippen molar-refractivity contribution in [1.29, 1.82) is 0 Å². The molecule has 0 spiro atoms. The van der Waals surface area contributed by atoms with Gasteiger partial charge in [0.2, 0.25) is 0 Å². The molecule has 58 valence electrons. The van der Waals surface area contributed by atoms with Crippen LogP contribution in [0.3, 0.4) is 0 Å². The van der Waals surface area contributed by atoms with E-state index in [9.17, 15) is 0 Å². The second kappa shape index (κ2) is 7.92. The zero-order valence-electron chi connectivity index (χ0n) is 6.23. The lowest BCUT2D eigenvalue weighted by atomic mass is 10.2. The second-order valence-corrected chi connectivity index (χ2v) is 2.20. The summed E-state index contributed by atoms with van der Waals surface area (Å²) in [6.07, 6.45) is 4.84. The molecule has 2 N–H and O–H groups in total. The number of rotatable bonds is 6. The fraction of sp³-hybridized carbons (Fsp3) is 1.00. The molecule has 0 bridgehead atoms. The molecule has 0 unspecified atom stereocenters. The Morgan fingerprint density at radius 1 is 1.22 bits per heavy atom. The van der Waals surface area contributed by atoms with Gasteiger partial charge in [-0.2, -0.15) is 0 Å². The average molecular weight is 133 g/mol. The molecular weight excluding hydrogens is 114 g/mol. The Balaban J connectivity index is 0. The van der Waals surface area contributed by atoms with Gasteiger partial charge in [0.15, 0.2) is 0 Å². The van der Waals surface area contributed by atoms with Crippen molar-refractivity contribution in [3.63, 3.8) is 0 Å². The molecule has 2 nitrogen and oxygen atoms in total. The fourth-order valence-electron chi connectivity index (χ4n) is 0.744. The SMILES string of the molecule is COCCCCCCN.[HH]. The van der Waals surface area contributed by atoms with E-state index in [-0.39, 0.29) is 1.43 Å². The standard InChI is InChI=1S/C7H17NO.H2/c1-9-7-5-3-2-4-6-8;/h2-8H2,1H3;1H. The van der Waals surface area contributed by atoms with Gasteiger partial charge in [0.05, 0.1) is 0 Å². The highest BCUT2D eigenvalue weighted by Crippen LogP contribution is 1.97. The summed E-state index contributed by atoms with van der Waals surface area (Å²) < 4.78 is 4.89. The summed E-state index contributed by atoms with van der Waals surface area (Å²) in [6, 6.07) is 0. The Morgan fingerprint density at radius 3 is 2.44 bits per heavy atom. The van der Waals surface area contributed by atoms with Crippen LogP contribution in [0, 0.1) is 0 Å². The molecule has 0 saturated heterocycles. The first kappa shape index (κ1) is 8.92. The van der Waals surface area contributed by atoms with Crippen LogP contribution in [0.2, 0.25) is 0 Å². The van der Waals surface area contributed by atoms with Gasteiger partial charge < -0.3 is 10.5 Å². The number of ether oxygens (including phenoxy) is 1. The maximum Gasteiger partial charge on any atom is 0.0462 e. The minimum Gasteiger partial charge on any atom is -0.385 e. The van der Waals surface area contributed by atoms with Crippen LogP contribution in [0.4, 0.5) is 0 Å². The van der Waals surface area contributed by atoms with Gasteiger partial charge in [-0.05, 0) is 19.4 Å². The molecule has 0 aromatic rings. The highest BCUT2D eigenvalue weighted by molar-refractivity contribution is 4.42. The third-order valence-electron chi connectivity index (χ3n) is 1.30. The van der Waals surface area contributed by atoms with Crippen molar-refractivity contribution < 1.29 is 6.16 Å². The van der Waals surface area contributed by atoms with Crippen molar-refractivity contribution in [1.82, 2.24) is 0 Å². The Labute approximate surface area is 58.9 Å². The van der Waals surface area contributed by atoms with E-state index >= 15 is 0 Å². The topological polar surface area (TPSA) is 35.2 Å². The number of hydrogen-bond acceptors (Lipinski definition) is 2. The maximum atomic E-state index is 5.31. The zero-order valence-corrected chi connectivity index (χ0v) is 6.23. The summed E-state index contributed by atoms with van der Waals surface area (Å²) in [5.41, 5.74) is 5.31. The van der Waals surface area contributed by atoms with Crippen LogP contribution in [0.5, 0.6) is 0 Å². The Hall–Kier alpha value is -0.0800. The first-order valence-electron chi connectivity index (χ1n) is 3.61. The maximum absolute atomic E-state index is 5.31. The molecule has 0 heterocycles. The first-order valence-corrected chi connectivity index (χ1v) is 3.61. The summed E-state index contributed by atoms with van der Waals surface area (Å²) >= 11 is 0. The number of nitrogens with two attached hydrogens (primary N) is 1. The lowest BCUT2D eigenvalue weighted by Crippen LogP contribution is -1.98. The molecular formula is C7H19NO. The van der Waals surface area contributed by atoms with Crippen LogP contribution in [-0.2, 0) is 4.74 Å². The van der Waals surface area contributed by atoms with Crippen molar-refractivity contribution in [2.45, 2.75) is 25.7 Å². The number of methoxy groups -OCH3 is 1. The van der Waals surface area contributed by atoms with Crippen molar-refractivity contribution in [2.75, 3.05) is 20.3 Å². The highest BCUT2D eigenvalue weighted by Gasteiger charge is 1.85. The summed E-state index contributed by atoms with van der Waals surface area (Å²) in [6.45, 7) is 1.72. The minimum absolute atomic E-state index is 0. The van der Waals surface area contributed by atoms with Gasteiger partial charge in [0.1, 0.15) is 0 Å². The summed E-state index contributed by atoms with van der Waals surface area (Å²) in [5.74, 6) is 0. The first-order chi connectivity index (χ1) is 4.41. The van der Waals surface area contributed by atoms with Gasteiger partial charge >= 0.3 is 0 Å². The summed E-state index contributed by atoms with van der Waals surface area (Å²) in [7, 11) is 1.74. The lowest BCUT2D eigenvalue weighted by molar-refractivity contribution is 0.192. The van der Waals surface area contributed by atoms with Gasteiger partial charge in [-0.25, -0.2) is 0 Å². The average Bonchev–Trinajstić information content (AvgIpc) is 1.89. The lowest BCUT2D eigenvalue weighted by Gasteiger charge is -1.97. The molecule has 0 rings (SSSR count). The molecule has 0 radical (unpaired) electrons. The normalized spacial score (nSPS) is 10.0.